The highest BCUT2D eigenvalue weighted by molar-refractivity contribution is 5.89. The largest absolute Gasteiger partial charge is 0.494 e. The Morgan fingerprint density at radius 2 is 2.00 bits per heavy atom. The van der Waals surface area contributed by atoms with Crippen molar-refractivity contribution in [2.45, 2.75) is 13.0 Å². The van der Waals surface area contributed by atoms with Crippen molar-refractivity contribution in [2.24, 2.45) is 0 Å². The zero-order valence-electron chi connectivity index (χ0n) is 13.3. The van der Waals surface area contributed by atoms with Gasteiger partial charge in [0.15, 0.2) is 0 Å². The summed E-state index contributed by atoms with van der Waals surface area (Å²) >= 11 is 0. The highest BCUT2D eigenvalue weighted by Gasteiger charge is 2.20. The minimum absolute atomic E-state index is 0.0896. The van der Waals surface area contributed by atoms with E-state index in [1.165, 1.54) is 30.5 Å². The number of hydrogen-bond donors (Lipinski definition) is 0. The second-order valence-electron chi connectivity index (χ2n) is 5.02. The third-order valence-corrected chi connectivity index (χ3v) is 3.31. The molecule has 25 heavy (non-hydrogen) atoms. The number of carbonyl (C=O) groups excluding carboxylic acids is 1. The lowest BCUT2D eigenvalue weighted by molar-refractivity contribution is -0.386. The van der Waals surface area contributed by atoms with Crippen molar-refractivity contribution in [3.05, 3.63) is 68.4 Å². The molecule has 1 aromatic carbocycles. The van der Waals surface area contributed by atoms with Crippen molar-refractivity contribution < 1.29 is 23.6 Å². The van der Waals surface area contributed by atoms with Gasteiger partial charge in [-0.1, -0.05) is 0 Å². The average molecular weight is 350 g/mol. The first-order valence-corrected chi connectivity index (χ1v) is 7.28. The van der Waals surface area contributed by atoms with Crippen LogP contribution in [0.3, 0.4) is 0 Å². The number of rotatable bonds is 7. The summed E-state index contributed by atoms with van der Waals surface area (Å²) in [6.45, 7) is 0.306. The number of hydrogen-bond acceptors (Lipinski definition) is 6. The number of pyridine rings is 1. The number of aromatic nitrogens is 1. The maximum Gasteiger partial charge on any atom is 0.339 e. The first-order valence-electron chi connectivity index (χ1n) is 7.28. The van der Waals surface area contributed by atoms with Crippen LogP contribution in [-0.4, -0.2) is 29.2 Å². The molecule has 8 nitrogen and oxygen atoms in total. The van der Waals surface area contributed by atoms with Crippen molar-refractivity contribution in [1.82, 2.24) is 4.57 Å². The Morgan fingerprint density at radius 3 is 2.60 bits per heavy atom. The van der Waals surface area contributed by atoms with Crippen molar-refractivity contribution in [3.63, 3.8) is 0 Å². The van der Waals surface area contributed by atoms with Gasteiger partial charge < -0.3 is 14.0 Å². The van der Waals surface area contributed by atoms with Crippen LogP contribution >= 0.6 is 0 Å². The van der Waals surface area contributed by atoms with Gasteiger partial charge in [-0.25, -0.2) is 9.18 Å². The van der Waals surface area contributed by atoms with Gasteiger partial charge in [-0.3, -0.25) is 14.9 Å². The standard InChI is InChI=1S/C16H15FN2O6/c1-24-16(21)11-9-14(19(22)23)15(20)18(10-11)7-2-8-25-13-5-3-12(17)4-6-13/h3-6,9-10H,2,7-8H2,1H3. The minimum atomic E-state index is -0.847. The summed E-state index contributed by atoms with van der Waals surface area (Å²) in [6, 6.07) is 6.32. The molecule has 0 amide bonds. The highest BCUT2D eigenvalue weighted by Crippen LogP contribution is 2.12. The number of ether oxygens (including phenoxy) is 2. The maximum atomic E-state index is 12.8. The summed E-state index contributed by atoms with van der Waals surface area (Å²) in [6.07, 6.45) is 1.55. The fourth-order valence-corrected chi connectivity index (χ4v) is 2.10. The van der Waals surface area contributed by atoms with Crippen LogP contribution in [-0.2, 0) is 11.3 Å². The quantitative estimate of drug-likeness (QED) is 0.328. The Balaban J connectivity index is 2.08. The SMILES string of the molecule is COC(=O)c1cc([N+](=O)[O-])c(=O)n(CCCOc2ccc(F)cc2)c1. The Morgan fingerprint density at radius 1 is 1.32 bits per heavy atom. The van der Waals surface area contributed by atoms with E-state index < -0.39 is 22.1 Å². The molecule has 0 spiro atoms. The molecule has 0 saturated carbocycles. The van der Waals surface area contributed by atoms with Gasteiger partial charge in [0.05, 0.1) is 24.2 Å². The van der Waals surface area contributed by atoms with E-state index >= 15 is 0 Å². The lowest BCUT2D eigenvalue weighted by Gasteiger charge is -2.09. The first-order chi connectivity index (χ1) is 11.9. The lowest BCUT2D eigenvalue weighted by atomic mass is 10.2. The van der Waals surface area contributed by atoms with Crippen LogP contribution in [0.25, 0.3) is 0 Å². The maximum absolute atomic E-state index is 12.8. The molecule has 0 aliphatic heterocycles. The van der Waals surface area contributed by atoms with Gasteiger partial charge >= 0.3 is 17.2 Å². The van der Waals surface area contributed by atoms with Gasteiger partial charge in [-0.15, -0.1) is 0 Å². The predicted molar refractivity (Wildman–Crippen MR) is 85.2 cm³/mol. The van der Waals surface area contributed by atoms with E-state index in [-0.39, 0.29) is 24.5 Å². The zero-order valence-corrected chi connectivity index (χ0v) is 13.3. The molecule has 0 saturated heterocycles. The van der Waals surface area contributed by atoms with Crippen LogP contribution < -0.4 is 10.3 Å². The number of nitrogens with zero attached hydrogens (tertiary/aromatic N) is 2. The third-order valence-electron chi connectivity index (χ3n) is 3.31. The Hall–Kier alpha value is -3.23. The van der Waals surface area contributed by atoms with E-state index in [9.17, 15) is 24.1 Å². The fraction of sp³-hybridized carbons (Fsp3) is 0.250. The number of nitro groups is 1. The number of carbonyl (C=O) groups is 1. The van der Waals surface area contributed by atoms with Gasteiger partial charge in [0.1, 0.15) is 11.6 Å². The Labute approximate surface area is 141 Å². The average Bonchev–Trinajstić information content (AvgIpc) is 2.60. The molecule has 0 N–H and O–H groups in total. The molecule has 0 aliphatic carbocycles. The molecular weight excluding hydrogens is 335 g/mol. The van der Waals surface area contributed by atoms with Crippen molar-refractivity contribution >= 4 is 11.7 Å². The van der Waals surface area contributed by atoms with E-state index in [1.807, 2.05) is 0 Å². The molecule has 2 rings (SSSR count). The molecular formula is C16H15FN2O6. The fourth-order valence-electron chi connectivity index (χ4n) is 2.10. The number of benzene rings is 1. The van der Waals surface area contributed by atoms with Crippen LogP contribution in [0.15, 0.2) is 41.3 Å². The second-order valence-corrected chi connectivity index (χ2v) is 5.02. The van der Waals surface area contributed by atoms with Gasteiger partial charge in [0.25, 0.3) is 0 Å². The molecule has 0 radical (unpaired) electrons. The number of esters is 1. The summed E-state index contributed by atoms with van der Waals surface area (Å²) < 4.78 is 23.8. The molecule has 0 unspecified atom stereocenters. The van der Waals surface area contributed by atoms with Crippen molar-refractivity contribution in [2.75, 3.05) is 13.7 Å². The molecule has 132 valence electrons. The molecule has 1 aromatic heterocycles. The van der Waals surface area contributed by atoms with Gasteiger partial charge in [0.2, 0.25) is 0 Å². The van der Waals surface area contributed by atoms with E-state index in [1.54, 1.807) is 0 Å². The van der Waals surface area contributed by atoms with Crippen LogP contribution in [0.5, 0.6) is 5.75 Å². The normalized spacial score (nSPS) is 10.3. The Bertz CT molecular complexity index is 832. The molecule has 1 heterocycles. The molecule has 0 fully saturated rings. The summed E-state index contributed by atoms with van der Waals surface area (Å²) in [5.74, 6) is -0.701. The van der Waals surface area contributed by atoms with Crippen LogP contribution in [0.1, 0.15) is 16.8 Å². The monoisotopic (exact) mass is 350 g/mol. The summed E-state index contributed by atoms with van der Waals surface area (Å²) in [5, 5.41) is 11.0. The van der Waals surface area contributed by atoms with E-state index in [4.69, 9.17) is 4.74 Å². The lowest BCUT2D eigenvalue weighted by Crippen LogP contribution is -2.25. The molecule has 0 bridgehead atoms. The summed E-state index contributed by atoms with van der Waals surface area (Å²) in [5.41, 5.74) is -1.62. The molecule has 0 atom stereocenters. The van der Waals surface area contributed by atoms with Crippen LogP contribution in [0, 0.1) is 15.9 Å². The first kappa shape index (κ1) is 18.1. The van der Waals surface area contributed by atoms with E-state index in [2.05, 4.69) is 4.74 Å². The van der Waals surface area contributed by atoms with Crippen molar-refractivity contribution in [3.8, 4) is 5.75 Å². The zero-order chi connectivity index (χ0) is 18.4. The third kappa shape index (κ3) is 4.63. The van der Waals surface area contributed by atoms with Gasteiger partial charge in [0, 0.05) is 18.8 Å². The van der Waals surface area contributed by atoms with Crippen LogP contribution in [0.4, 0.5) is 10.1 Å². The molecule has 2 aromatic rings. The smallest absolute Gasteiger partial charge is 0.339 e. The summed E-state index contributed by atoms with van der Waals surface area (Å²) in [4.78, 5) is 33.8. The van der Waals surface area contributed by atoms with Crippen LogP contribution in [0.2, 0.25) is 0 Å². The summed E-state index contributed by atoms with van der Waals surface area (Å²) in [7, 11) is 1.14. The number of halogens is 1. The second kappa shape index (κ2) is 8.04. The predicted octanol–water partition coefficient (Wildman–Crippen LogP) is 2.15. The highest BCUT2D eigenvalue weighted by atomic mass is 19.1. The Kier molecular flexibility index (Phi) is 5.83. The van der Waals surface area contributed by atoms with E-state index in [0.717, 1.165) is 17.7 Å². The van der Waals surface area contributed by atoms with Gasteiger partial charge in [-0.2, -0.15) is 0 Å². The number of methoxy groups -OCH3 is 1. The molecule has 9 heteroatoms. The molecule has 0 aliphatic rings. The van der Waals surface area contributed by atoms with E-state index in [0.29, 0.717) is 12.2 Å². The topological polar surface area (TPSA) is 101 Å². The van der Waals surface area contributed by atoms with Gasteiger partial charge in [-0.05, 0) is 30.7 Å². The van der Waals surface area contributed by atoms with Crippen molar-refractivity contribution in [1.29, 1.82) is 0 Å². The minimum Gasteiger partial charge on any atom is -0.494 e. The number of aryl methyl sites for hydroxylation is 1.